The van der Waals surface area contributed by atoms with Gasteiger partial charge in [0, 0.05) is 18.9 Å². The Balaban J connectivity index is 1.47. The zero-order valence-corrected chi connectivity index (χ0v) is 14.2. The normalized spacial score (nSPS) is 20.5. The number of fused-ring (bicyclic) bond motifs is 1. The molecule has 7 heteroatoms. The molecule has 6 nitrogen and oxygen atoms in total. The second-order valence-electron chi connectivity index (χ2n) is 6.17. The molecule has 24 heavy (non-hydrogen) atoms. The van der Waals surface area contributed by atoms with Crippen molar-refractivity contribution in [3.63, 3.8) is 0 Å². The van der Waals surface area contributed by atoms with Gasteiger partial charge in [-0.15, -0.1) is 11.3 Å². The number of quaternary nitrogens is 1. The van der Waals surface area contributed by atoms with Gasteiger partial charge in [0.25, 0.3) is 5.91 Å². The fourth-order valence-corrected chi connectivity index (χ4v) is 4.44. The molecule has 0 spiro atoms. The number of hydrogen-bond donors (Lipinski definition) is 2. The summed E-state index contributed by atoms with van der Waals surface area (Å²) in [6, 6.07) is 10.2. The van der Waals surface area contributed by atoms with Crippen LogP contribution in [0.25, 0.3) is 10.2 Å². The van der Waals surface area contributed by atoms with Gasteiger partial charge in [-0.25, -0.2) is 4.98 Å². The van der Waals surface area contributed by atoms with Gasteiger partial charge >= 0.3 is 0 Å². The highest BCUT2D eigenvalue weighted by atomic mass is 32.1. The van der Waals surface area contributed by atoms with E-state index in [2.05, 4.69) is 16.5 Å². The number of nitrogens with one attached hydrogen (secondary N) is 2. The molecule has 2 N–H and O–H groups in total. The maximum absolute atomic E-state index is 12.3. The Labute approximate surface area is 143 Å². The minimum Gasteiger partial charge on any atom is -0.360 e. The van der Waals surface area contributed by atoms with Gasteiger partial charge in [-0.05, 0) is 19.1 Å². The van der Waals surface area contributed by atoms with Crippen LogP contribution in [0.5, 0.6) is 0 Å². The van der Waals surface area contributed by atoms with E-state index in [-0.39, 0.29) is 5.91 Å². The monoisotopic (exact) mass is 343 g/mol. The number of para-hydroxylation sites is 1. The molecule has 1 unspecified atom stereocenters. The lowest BCUT2D eigenvalue weighted by Crippen LogP contribution is -3.11. The summed E-state index contributed by atoms with van der Waals surface area (Å²) in [5, 5.41) is 7.75. The number of rotatable bonds is 4. The van der Waals surface area contributed by atoms with Crippen molar-refractivity contribution in [1.82, 2.24) is 10.1 Å². The highest BCUT2D eigenvalue weighted by Gasteiger charge is 2.34. The summed E-state index contributed by atoms with van der Waals surface area (Å²) in [6.45, 7) is 3.22. The fourth-order valence-electron chi connectivity index (χ4n) is 3.28. The molecule has 3 heterocycles. The second kappa shape index (κ2) is 6.33. The van der Waals surface area contributed by atoms with E-state index in [4.69, 9.17) is 9.51 Å². The van der Waals surface area contributed by atoms with Crippen molar-refractivity contribution < 1.29 is 14.2 Å². The fraction of sp³-hybridized carbons (Fsp3) is 0.353. The number of carbonyl (C=O) groups excluding carboxylic acids is 1. The van der Waals surface area contributed by atoms with Gasteiger partial charge in [-0.1, -0.05) is 17.3 Å². The Bertz CT molecular complexity index is 839. The van der Waals surface area contributed by atoms with E-state index in [1.807, 2.05) is 18.2 Å². The van der Waals surface area contributed by atoms with Crippen LogP contribution in [0.15, 0.2) is 34.9 Å². The summed E-state index contributed by atoms with van der Waals surface area (Å²) in [4.78, 5) is 18.3. The van der Waals surface area contributed by atoms with Crippen LogP contribution in [0.1, 0.15) is 29.7 Å². The molecule has 4 rings (SSSR count). The van der Waals surface area contributed by atoms with Crippen molar-refractivity contribution in [1.29, 1.82) is 0 Å². The Hall–Kier alpha value is -2.25. The number of anilines is 1. The summed E-state index contributed by atoms with van der Waals surface area (Å²) in [6.07, 6.45) is 2.19. The largest absolute Gasteiger partial charge is 0.360 e. The zero-order chi connectivity index (χ0) is 16.5. The predicted octanol–water partition coefficient (Wildman–Crippen LogP) is 1.95. The molecule has 1 aromatic carbocycles. The highest BCUT2D eigenvalue weighted by molar-refractivity contribution is 7.18. The molecular formula is C17H19N4O2S+. The van der Waals surface area contributed by atoms with Crippen molar-refractivity contribution in [3.05, 3.63) is 41.1 Å². The topological polar surface area (TPSA) is 72.5 Å². The molecule has 1 saturated heterocycles. The minimum absolute atomic E-state index is 0.0358. The molecule has 1 fully saturated rings. The van der Waals surface area contributed by atoms with Gasteiger partial charge in [0.05, 0.1) is 16.8 Å². The minimum atomic E-state index is -0.0358. The SMILES string of the molecule is Cc1cc(NC(=O)C[NH+]2CCC[C@H]2c2nc3ccccc3s2)no1. The van der Waals surface area contributed by atoms with Gasteiger partial charge < -0.3 is 14.7 Å². The number of carbonyl (C=O) groups is 1. The Morgan fingerprint density at radius 1 is 1.46 bits per heavy atom. The van der Waals surface area contributed by atoms with Crippen LogP contribution in [0.2, 0.25) is 0 Å². The molecule has 1 amide bonds. The van der Waals surface area contributed by atoms with Crippen LogP contribution in [0.3, 0.4) is 0 Å². The first-order chi connectivity index (χ1) is 11.7. The first kappa shape index (κ1) is 15.3. The lowest BCUT2D eigenvalue weighted by Gasteiger charge is -2.18. The number of amides is 1. The Kier molecular flexibility index (Phi) is 4.03. The number of hydrogen-bond acceptors (Lipinski definition) is 5. The van der Waals surface area contributed by atoms with Crippen LogP contribution in [-0.4, -0.2) is 29.1 Å². The first-order valence-electron chi connectivity index (χ1n) is 8.12. The summed E-state index contributed by atoms with van der Waals surface area (Å²) < 4.78 is 6.19. The molecule has 0 saturated carbocycles. The van der Waals surface area contributed by atoms with E-state index >= 15 is 0 Å². The first-order valence-corrected chi connectivity index (χ1v) is 8.94. The van der Waals surface area contributed by atoms with E-state index in [9.17, 15) is 4.79 Å². The zero-order valence-electron chi connectivity index (χ0n) is 13.4. The maximum Gasteiger partial charge on any atom is 0.280 e. The summed E-state index contributed by atoms with van der Waals surface area (Å²) in [5.74, 6) is 1.13. The van der Waals surface area contributed by atoms with Crippen LogP contribution in [0, 0.1) is 6.92 Å². The van der Waals surface area contributed by atoms with Crippen LogP contribution in [0.4, 0.5) is 5.82 Å². The molecule has 1 aliphatic rings. The highest BCUT2D eigenvalue weighted by Crippen LogP contribution is 2.28. The van der Waals surface area contributed by atoms with Gasteiger partial charge in [0.1, 0.15) is 11.8 Å². The predicted molar refractivity (Wildman–Crippen MR) is 92.2 cm³/mol. The summed E-state index contributed by atoms with van der Waals surface area (Å²) in [7, 11) is 0. The number of nitrogens with zero attached hydrogens (tertiary/aromatic N) is 2. The van der Waals surface area contributed by atoms with Gasteiger partial charge in [-0.2, -0.15) is 0 Å². The molecule has 3 aromatic rings. The number of aromatic nitrogens is 2. The van der Waals surface area contributed by atoms with Crippen molar-refractivity contribution >= 4 is 33.3 Å². The lowest BCUT2D eigenvalue weighted by atomic mass is 10.2. The third-order valence-electron chi connectivity index (χ3n) is 4.38. The average Bonchev–Trinajstić information content (AvgIpc) is 3.26. The number of benzene rings is 1. The van der Waals surface area contributed by atoms with Gasteiger partial charge in [-0.3, -0.25) is 4.79 Å². The number of likely N-dealkylation sites (tertiary alicyclic amines) is 1. The van der Waals surface area contributed by atoms with E-state index < -0.39 is 0 Å². The number of aryl methyl sites for hydroxylation is 1. The van der Waals surface area contributed by atoms with Crippen molar-refractivity contribution in [2.24, 2.45) is 0 Å². The van der Waals surface area contributed by atoms with Crippen LogP contribution in [-0.2, 0) is 4.79 Å². The average molecular weight is 343 g/mol. The molecule has 2 atom stereocenters. The van der Waals surface area contributed by atoms with Gasteiger partial charge in [0.15, 0.2) is 17.4 Å². The van der Waals surface area contributed by atoms with Gasteiger partial charge in [0.2, 0.25) is 0 Å². The number of thiazole rings is 1. The Morgan fingerprint density at radius 3 is 3.12 bits per heavy atom. The third-order valence-corrected chi connectivity index (χ3v) is 5.53. The van der Waals surface area contributed by atoms with E-state index in [0.717, 1.165) is 29.9 Å². The maximum atomic E-state index is 12.3. The molecule has 0 aliphatic carbocycles. The molecule has 0 bridgehead atoms. The van der Waals surface area contributed by atoms with E-state index in [1.165, 1.54) is 9.60 Å². The lowest BCUT2D eigenvalue weighted by molar-refractivity contribution is -0.910. The summed E-state index contributed by atoms with van der Waals surface area (Å²) in [5.41, 5.74) is 1.05. The van der Waals surface area contributed by atoms with Crippen molar-refractivity contribution in [2.45, 2.75) is 25.8 Å². The smallest absolute Gasteiger partial charge is 0.280 e. The molecule has 0 radical (unpaired) electrons. The molecular weight excluding hydrogens is 324 g/mol. The quantitative estimate of drug-likeness (QED) is 0.759. The standard InChI is InChI=1S/C17H18N4O2S/c1-11-9-15(20-23-11)19-16(22)10-21-8-4-6-13(21)17-18-12-5-2-3-7-14(12)24-17/h2-3,5,7,9,13H,4,6,8,10H2,1H3,(H,19,20,22)/p+1/t13-/m0/s1. The van der Waals surface area contributed by atoms with Crippen molar-refractivity contribution in [3.8, 4) is 0 Å². The summed E-state index contributed by atoms with van der Waals surface area (Å²) >= 11 is 1.74. The van der Waals surface area contributed by atoms with E-state index in [0.29, 0.717) is 24.2 Å². The van der Waals surface area contributed by atoms with Crippen molar-refractivity contribution in [2.75, 3.05) is 18.4 Å². The van der Waals surface area contributed by atoms with E-state index in [1.54, 1.807) is 24.3 Å². The molecule has 124 valence electrons. The molecule has 2 aromatic heterocycles. The second-order valence-corrected chi connectivity index (χ2v) is 7.23. The Morgan fingerprint density at radius 2 is 2.33 bits per heavy atom. The van der Waals surface area contributed by atoms with Crippen LogP contribution < -0.4 is 10.2 Å². The molecule has 1 aliphatic heterocycles. The van der Waals surface area contributed by atoms with Crippen LogP contribution >= 0.6 is 11.3 Å². The third kappa shape index (κ3) is 3.05.